The van der Waals surface area contributed by atoms with E-state index in [0.29, 0.717) is 4.34 Å². The maximum Gasteiger partial charge on any atom is 0.282 e. The monoisotopic (exact) mass is 344 g/mol. The third-order valence-electron chi connectivity index (χ3n) is 2.29. The normalized spacial score (nSPS) is 10.4. The van der Waals surface area contributed by atoms with Gasteiger partial charge in [0.25, 0.3) is 11.6 Å². The van der Waals surface area contributed by atoms with Crippen LogP contribution in [0.15, 0.2) is 22.5 Å². The minimum atomic E-state index is -0.645. The molecule has 0 fully saturated rings. The Morgan fingerprint density at radius 2 is 2.29 bits per heavy atom. The minimum absolute atomic E-state index is 0.118. The molecule has 1 amide bonds. The molecular weight excluding hydrogens is 336 g/mol. The van der Waals surface area contributed by atoms with Gasteiger partial charge in [-0.25, -0.2) is 0 Å². The first-order valence-electron chi connectivity index (χ1n) is 5.73. The van der Waals surface area contributed by atoms with Crippen LogP contribution in [0.3, 0.4) is 0 Å². The molecule has 0 aliphatic heterocycles. The van der Waals surface area contributed by atoms with Gasteiger partial charge in [0.15, 0.2) is 4.34 Å². The highest BCUT2D eigenvalue weighted by molar-refractivity contribution is 8.01. The summed E-state index contributed by atoms with van der Waals surface area (Å²) >= 11 is 8.48. The number of hydrogen-bond acceptors (Lipinski definition) is 7. The molecule has 10 heteroatoms. The van der Waals surface area contributed by atoms with E-state index in [1.165, 1.54) is 41.3 Å². The number of carbonyl (C=O) groups is 1. The molecule has 7 nitrogen and oxygen atoms in total. The van der Waals surface area contributed by atoms with Crippen LogP contribution in [0.2, 0.25) is 5.02 Å². The predicted molar refractivity (Wildman–Crippen MR) is 82.4 cm³/mol. The fourth-order valence-corrected chi connectivity index (χ4v) is 3.27. The molecule has 2 aromatic rings. The number of anilines is 1. The van der Waals surface area contributed by atoms with Crippen LogP contribution in [0, 0.1) is 10.1 Å². The van der Waals surface area contributed by atoms with Gasteiger partial charge in [0.05, 0.1) is 4.92 Å². The molecule has 110 valence electrons. The molecule has 2 rings (SSSR count). The molecule has 0 atom stereocenters. The summed E-state index contributed by atoms with van der Waals surface area (Å²) in [6.07, 6.45) is 0. The molecule has 0 saturated heterocycles. The summed E-state index contributed by atoms with van der Waals surface area (Å²) in [5, 5.41) is 21.6. The van der Waals surface area contributed by atoms with Crippen molar-refractivity contribution in [2.45, 2.75) is 11.3 Å². The first-order chi connectivity index (χ1) is 10.0. The van der Waals surface area contributed by atoms with Crippen molar-refractivity contribution in [1.29, 1.82) is 0 Å². The maximum absolute atomic E-state index is 12.1. The van der Waals surface area contributed by atoms with Crippen LogP contribution in [-0.2, 0) is 0 Å². The second-order valence-corrected chi connectivity index (χ2v) is 6.60. The third kappa shape index (κ3) is 3.90. The summed E-state index contributed by atoms with van der Waals surface area (Å²) in [7, 11) is 0. The molecular formula is C11H9ClN4O3S2. The van der Waals surface area contributed by atoms with Gasteiger partial charge < -0.3 is 0 Å². The van der Waals surface area contributed by atoms with Crippen LogP contribution in [0.5, 0.6) is 0 Å². The molecule has 0 unspecified atom stereocenters. The Kier molecular flexibility index (Phi) is 5.10. The fourth-order valence-electron chi connectivity index (χ4n) is 1.46. The van der Waals surface area contributed by atoms with Crippen LogP contribution in [0.25, 0.3) is 0 Å². The quantitative estimate of drug-likeness (QED) is 0.386. The zero-order valence-electron chi connectivity index (χ0n) is 10.7. The molecule has 0 radical (unpaired) electrons. The van der Waals surface area contributed by atoms with Crippen LogP contribution in [0.1, 0.15) is 17.3 Å². The van der Waals surface area contributed by atoms with E-state index >= 15 is 0 Å². The predicted octanol–water partition coefficient (Wildman–Crippen LogP) is 3.46. The van der Waals surface area contributed by atoms with Gasteiger partial charge in [0.2, 0.25) is 5.13 Å². The summed E-state index contributed by atoms with van der Waals surface area (Å²) in [6.45, 7) is 1.97. The Balaban J connectivity index is 2.23. The van der Waals surface area contributed by atoms with Crippen molar-refractivity contribution in [3.05, 3.63) is 38.9 Å². The largest absolute Gasteiger partial charge is 0.296 e. The van der Waals surface area contributed by atoms with Crippen molar-refractivity contribution >= 4 is 51.4 Å². The number of amides is 1. The summed E-state index contributed by atoms with van der Waals surface area (Å²) in [6, 6.07) is 3.80. The zero-order valence-corrected chi connectivity index (χ0v) is 13.1. The standard InChI is InChI=1S/C11H9ClN4O3S2/c1-2-20-11-15-14-10(21-11)13-9(17)7-5-6(12)3-4-8(7)16(18)19/h3-5H,2H2,1H3,(H,13,14,17). The topological polar surface area (TPSA) is 98.0 Å². The number of nitro benzene ring substituents is 1. The van der Waals surface area contributed by atoms with Crippen LogP contribution >= 0.6 is 34.7 Å². The summed E-state index contributed by atoms with van der Waals surface area (Å²) in [4.78, 5) is 22.4. The molecule has 0 saturated carbocycles. The molecule has 1 heterocycles. The summed E-state index contributed by atoms with van der Waals surface area (Å²) in [5.74, 6) is 0.191. The number of nitrogens with zero attached hydrogens (tertiary/aromatic N) is 3. The fraction of sp³-hybridized carbons (Fsp3) is 0.182. The Bertz CT molecular complexity index is 692. The number of benzene rings is 1. The van der Waals surface area contributed by atoms with Crippen molar-refractivity contribution in [3.8, 4) is 0 Å². The summed E-state index contributed by atoms with van der Waals surface area (Å²) < 4.78 is 0.716. The number of nitro groups is 1. The van der Waals surface area contributed by atoms with Gasteiger partial charge in [-0.05, 0) is 17.9 Å². The highest BCUT2D eigenvalue weighted by Gasteiger charge is 2.21. The van der Waals surface area contributed by atoms with Gasteiger partial charge in [-0.15, -0.1) is 10.2 Å². The lowest BCUT2D eigenvalue weighted by molar-refractivity contribution is -0.385. The van der Waals surface area contributed by atoms with E-state index in [4.69, 9.17) is 11.6 Å². The second-order valence-electron chi connectivity index (χ2n) is 3.68. The van der Waals surface area contributed by atoms with E-state index in [-0.39, 0.29) is 21.4 Å². The molecule has 1 aromatic heterocycles. The molecule has 21 heavy (non-hydrogen) atoms. The lowest BCUT2D eigenvalue weighted by Gasteiger charge is -2.03. The van der Waals surface area contributed by atoms with Gasteiger partial charge in [0.1, 0.15) is 5.56 Å². The SMILES string of the molecule is CCSc1nnc(NC(=O)c2cc(Cl)ccc2[N+](=O)[O-])s1. The Morgan fingerprint density at radius 3 is 2.95 bits per heavy atom. The van der Waals surface area contributed by atoms with Crippen LogP contribution < -0.4 is 5.32 Å². The smallest absolute Gasteiger partial charge is 0.282 e. The lowest BCUT2D eigenvalue weighted by atomic mass is 10.1. The third-order valence-corrected chi connectivity index (χ3v) is 4.38. The number of rotatable bonds is 5. The van der Waals surface area contributed by atoms with E-state index in [1.807, 2.05) is 6.92 Å². The Hall–Kier alpha value is -1.71. The molecule has 0 aliphatic carbocycles. The lowest BCUT2D eigenvalue weighted by Crippen LogP contribution is -2.13. The Labute approximate surface area is 132 Å². The van der Waals surface area contributed by atoms with Crippen LogP contribution in [0.4, 0.5) is 10.8 Å². The van der Waals surface area contributed by atoms with Crippen LogP contribution in [-0.4, -0.2) is 26.8 Å². The number of thioether (sulfide) groups is 1. The number of hydrogen-bond donors (Lipinski definition) is 1. The maximum atomic E-state index is 12.1. The van der Waals surface area contributed by atoms with Gasteiger partial charge in [-0.3, -0.25) is 20.2 Å². The van der Waals surface area contributed by atoms with E-state index < -0.39 is 10.8 Å². The van der Waals surface area contributed by atoms with Gasteiger partial charge in [0, 0.05) is 11.1 Å². The molecule has 1 aromatic carbocycles. The molecule has 0 aliphatic rings. The van der Waals surface area contributed by atoms with E-state index in [2.05, 4.69) is 15.5 Å². The zero-order chi connectivity index (χ0) is 15.4. The van der Waals surface area contributed by atoms with Gasteiger partial charge in [-0.2, -0.15) is 0 Å². The number of aromatic nitrogens is 2. The molecule has 1 N–H and O–H groups in total. The average molecular weight is 345 g/mol. The highest BCUT2D eigenvalue weighted by atomic mass is 35.5. The van der Waals surface area contributed by atoms with E-state index in [1.54, 1.807) is 0 Å². The first-order valence-corrected chi connectivity index (χ1v) is 7.91. The van der Waals surface area contributed by atoms with Gasteiger partial charge >= 0.3 is 0 Å². The van der Waals surface area contributed by atoms with Crippen molar-refractivity contribution in [1.82, 2.24) is 10.2 Å². The van der Waals surface area contributed by atoms with Crippen molar-refractivity contribution in [2.75, 3.05) is 11.1 Å². The van der Waals surface area contributed by atoms with E-state index in [9.17, 15) is 14.9 Å². The molecule has 0 bridgehead atoms. The number of carbonyl (C=O) groups excluding carboxylic acids is 1. The van der Waals surface area contributed by atoms with Gasteiger partial charge in [-0.1, -0.05) is 41.6 Å². The van der Waals surface area contributed by atoms with Crippen molar-refractivity contribution in [2.24, 2.45) is 0 Å². The molecule has 0 spiro atoms. The number of nitrogens with one attached hydrogen (secondary N) is 1. The van der Waals surface area contributed by atoms with Crippen molar-refractivity contribution < 1.29 is 9.72 Å². The average Bonchev–Trinajstić information content (AvgIpc) is 2.86. The highest BCUT2D eigenvalue weighted by Crippen LogP contribution is 2.27. The number of halogens is 1. The minimum Gasteiger partial charge on any atom is -0.296 e. The van der Waals surface area contributed by atoms with E-state index in [0.717, 1.165) is 5.75 Å². The summed E-state index contributed by atoms with van der Waals surface area (Å²) in [5.41, 5.74) is -0.433. The Morgan fingerprint density at radius 1 is 1.52 bits per heavy atom. The first kappa shape index (κ1) is 15.7. The van der Waals surface area contributed by atoms with Crippen molar-refractivity contribution in [3.63, 3.8) is 0 Å². The second kappa shape index (κ2) is 6.83.